The third kappa shape index (κ3) is 10.8. The lowest BCUT2D eigenvalue weighted by Gasteiger charge is -2.41. The van der Waals surface area contributed by atoms with E-state index in [0.29, 0.717) is 32.2 Å². The summed E-state index contributed by atoms with van der Waals surface area (Å²) < 4.78 is 0. The molecule has 5 atom stereocenters. The molecular formula is C42H66N6O7. The molecule has 306 valence electrons. The van der Waals surface area contributed by atoms with E-state index in [2.05, 4.69) is 41.7 Å². The van der Waals surface area contributed by atoms with Gasteiger partial charge in [0.25, 0.3) is 5.91 Å². The van der Waals surface area contributed by atoms with E-state index in [4.69, 9.17) is 0 Å². The summed E-state index contributed by atoms with van der Waals surface area (Å²) in [5.74, 6) is -2.40. The molecule has 55 heavy (non-hydrogen) atoms. The minimum absolute atomic E-state index is 0.0160. The fourth-order valence-corrected chi connectivity index (χ4v) is 9.24. The molecule has 0 radical (unpaired) electrons. The van der Waals surface area contributed by atoms with Crippen LogP contribution in [-0.2, 0) is 28.8 Å². The number of carbonyl (C=O) groups excluding carboxylic acids is 7. The zero-order valence-corrected chi connectivity index (χ0v) is 33.9. The van der Waals surface area contributed by atoms with Gasteiger partial charge in [-0.25, -0.2) is 4.79 Å². The number of imide groups is 1. The molecule has 2 saturated heterocycles. The highest BCUT2D eigenvalue weighted by atomic mass is 16.2. The van der Waals surface area contributed by atoms with E-state index in [-0.39, 0.29) is 59.9 Å². The van der Waals surface area contributed by atoms with Gasteiger partial charge in [-0.2, -0.15) is 0 Å². The Hall–Kier alpha value is -3.77. The van der Waals surface area contributed by atoms with Gasteiger partial charge in [-0.05, 0) is 73.0 Å². The Morgan fingerprint density at radius 1 is 0.873 bits per heavy atom. The number of hydrogen-bond acceptors (Lipinski definition) is 7. The first-order chi connectivity index (χ1) is 26.0. The van der Waals surface area contributed by atoms with E-state index < -0.39 is 53.2 Å². The number of amides is 7. The second-order valence-electron chi connectivity index (χ2n) is 18.7. The number of nitrogens with zero attached hydrogens (tertiary/aromatic N) is 2. The molecule has 0 aromatic carbocycles. The van der Waals surface area contributed by atoms with E-state index >= 15 is 0 Å². The molecule has 2 heterocycles. The second kappa shape index (κ2) is 18.0. The van der Waals surface area contributed by atoms with Crippen molar-refractivity contribution in [1.29, 1.82) is 0 Å². The van der Waals surface area contributed by atoms with Crippen molar-refractivity contribution in [3.05, 3.63) is 12.7 Å². The second-order valence-corrected chi connectivity index (χ2v) is 18.7. The number of urea groups is 1. The summed E-state index contributed by atoms with van der Waals surface area (Å²) in [6, 6.07) is -3.93. The Kier molecular flexibility index (Phi) is 13.9. The molecule has 0 aromatic rings. The first-order valence-corrected chi connectivity index (χ1v) is 21.0. The van der Waals surface area contributed by atoms with Crippen LogP contribution in [0.15, 0.2) is 12.7 Å². The molecule has 13 heteroatoms. The number of piperidine rings is 1. The third-order valence-electron chi connectivity index (χ3n) is 13.1. The van der Waals surface area contributed by atoms with Crippen molar-refractivity contribution < 1.29 is 33.6 Å². The highest BCUT2D eigenvalue weighted by molar-refractivity contribution is 6.38. The number of nitrogens with one attached hydrogen (secondary N) is 4. The van der Waals surface area contributed by atoms with Crippen molar-refractivity contribution in [2.45, 2.75) is 155 Å². The van der Waals surface area contributed by atoms with Crippen LogP contribution in [0.5, 0.6) is 0 Å². The van der Waals surface area contributed by atoms with Crippen LogP contribution in [0.4, 0.5) is 4.79 Å². The Balaban J connectivity index is 1.32. The first-order valence-electron chi connectivity index (χ1n) is 21.0. The third-order valence-corrected chi connectivity index (χ3v) is 13.1. The number of likely N-dealkylation sites (tertiary alicyclic amines) is 2. The molecule has 7 amide bonds. The van der Waals surface area contributed by atoms with Crippen molar-refractivity contribution in [3.63, 3.8) is 0 Å². The molecule has 3 aliphatic carbocycles. The largest absolute Gasteiger partial charge is 0.346 e. The molecule has 13 nitrogen and oxygen atoms in total. The maximum atomic E-state index is 14.8. The van der Waals surface area contributed by atoms with Gasteiger partial charge in [0, 0.05) is 32.5 Å². The normalized spacial score (nSPS) is 24.7. The Morgan fingerprint density at radius 2 is 1.51 bits per heavy atom. The molecule has 4 N–H and O–H groups in total. The van der Waals surface area contributed by atoms with Gasteiger partial charge < -0.3 is 26.2 Å². The summed E-state index contributed by atoms with van der Waals surface area (Å²) in [5, 5.41) is 11.5. The summed E-state index contributed by atoms with van der Waals surface area (Å²) in [5.41, 5.74) is -0.753. The maximum absolute atomic E-state index is 14.8. The number of rotatable bonds is 15. The zero-order chi connectivity index (χ0) is 40.1. The molecule has 5 fully saturated rings. The molecule has 2 aliphatic heterocycles. The van der Waals surface area contributed by atoms with Gasteiger partial charge in [0.1, 0.15) is 12.1 Å². The van der Waals surface area contributed by atoms with Crippen molar-refractivity contribution in [2.24, 2.45) is 34.5 Å². The molecule has 1 spiro atoms. The first kappa shape index (κ1) is 42.4. The van der Waals surface area contributed by atoms with E-state index in [1.54, 1.807) is 4.90 Å². The van der Waals surface area contributed by atoms with Crippen LogP contribution in [0, 0.1) is 34.5 Å². The highest BCUT2D eigenvalue weighted by Gasteiger charge is 2.48. The molecular weight excluding hydrogens is 700 g/mol. The fourth-order valence-electron chi connectivity index (χ4n) is 9.24. The molecule has 0 bridgehead atoms. The number of ketones is 1. The summed E-state index contributed by atoms with van der Waals surface area (Å²) in [4.78, 5) is 98.4. The monoisotopic (exact) mass is 766 g/mol. The summed E-state index contributed by atoms with van der Waals surface area (Å²) >= 11 is 0. The van der Waals surface area contributed by atoms with Crippen molar-refractivity contribution in [3.8, 4) is 0 Å². The van der Waals surface area contributed by atoms with Gasteiger partial charge in [-0.1, -0.05) is 85.6 Å². The van der Waals surface area contributed by atoms with E-state index in [9.17, 15) is 33.6 Å². The Morgan fingerprint density at radius 3 is 2.07 bits per heavy atom. The zero-order valence-electron chi connectivity index (χ0n) is 33.9. The fraction of sp³-hybridized carbons (Fsp3) is 0.786. The molecule has 1 unspecified atom stereocenters. The molecule has 0 aromatic heterocycles. The summed E-state index contributed by atoms with van der Waals surface area (Å²) in [7, 11) is 0. The lowest BCUT2D eigenvalue weighted by Crippen LogP contribution is -2.61. The smallest absolute Gasteiger partial charge is 0.315 e. The van der Waals surface area contributed by atoms with Crippen LogP contribution < -0.4 is 21.3 Å². The van der Waals surface area contributed by atoms with Crippen LogP contribution in [-0.4, -0.2) is 95.0 Å². The van der Waals surface area contributed by atoms with Crippen molar-refractivity contribution in [1.82, 2.24) is 31.1 Å². The van der Waals surface area contributed by atoms with E-state index in [1.165, 1.54) is 11.0 Å². The molecule has 5 rings (SSSR count). The van der Waals surface area contributed by atoms with Gasteiger partial charge in [0.2, 0.25) is 29.4 Å². The average Bonchev–Trinajstić information content (AvgIpc) is 3.65. The lowest BCUT2D eigenvalue weighted by atomic mass is 9.76. The van der Waals surface area contributed by atoms with Crippen LogP contribution in [0.2, 0.25) is 0 Å². The minimum atomic E-state index is -1.00. The van der Waals surface area contributed by atoms with Gasteiger partial charge >= 0.3 is 6.03 Å². The van der Waals surface area contributed by atoms with Crippen molar-refractivity contribution >= 4 is 41.4 Å². The van der Waals surface area contributed by atoms with Crippen molar-refractivity contribution in [2.75, 3.05) is 19.6 Å². The topological polar surface area (TPSA) is 174 Å². The quantitative estimate of drug-likeness (QED) is 0.109. The minimum Gasteiger partial charge on any atom is -0.346 e. The van der Waals surface area contributed by atoms with Crippen LogP contribution in [0.25, 0.3) is 0 Å². The molecule has 3 saturated carbocycles. The van der Waals surface area contributed by atoms with Crippen LogP contribution in [0.3, 0.4) is 0 Å². The van der Waals surface area contributed by atoms with Crippen LogP contribution >= 0.6 is 0 Å². The summed E-state index contributed by atoms with van der Waals surface area (Å²) in [6.07, 6.45) is 13.0. The van der Waals surface area contributed by atoms with E-state index in [0.717, 1.165) is 70.6 Å². The van der Waals surface area contributed by atoms with Gasteiger partial charge in [-0.3, -0.25) is 33.7 Å². The predicted molar refractivity (Wildman–Crippen MR) is 208 cm³/mol. The van der Waals surface area contributed by atoms with E-state index in [1.807, 2.05) is 20.8 Å². The predicted octanol–water partition coefficient (Wildman–Crippen LogP) is 4.39. The standard InChI is InChI=1S/C42H66N6O7/c1-7-19-43-38(53)36(51)30(20-27-15-16-27)44-37(52)31-21-29(26(2)3)24-47(31)39(54)35(28-13-9-8-10-14-28)46-40(55)45-32(41(4,5)6)25-48-33(49)22-42(23-34(48)50)17-11-12-18-42/h7,26-32,35H,1,8-25H2,2-6H3,(H,43,53)(H,44,52)(H2,45,46,55)/t29-,30?,31+,32-,35+/m1/s1. The lowest BCUT2D eigenvalue weighted by molar-refractivity contribution is -0.154. The van der Waals surface area contributed by atoms with Gasteiger partial charge in [-0.15, -0.1) is 6.58 Å². The average molecular weight is 767 g/mol. The Labute approximate surface area is 327 Å². The highest BCUT2D eigenvalue weighted by Crippen LogP contribution is 2.47. The number of Topliss-reactive ketones (excluding diaryl/α,β-unsaturated/α-hetero) is 1. The summed E-state index contributed by atoms with van der Waals surface area (Å²) in [6.45, 7) is 14.0. The number of hydrogen-bond donors (Lipinski definition) is 4. The van der Waals surface area contributed by atoms with Gasteiger partial charge in [0.05, 0.1) is 12.1 Å². The SMILES string of the molecule is C=CCNC(=O)C(=O)C(CC1CC1)NC(=O)[C@@H]1C[C@@H](C(C)C)CN1C(=O)[C@@H](NC(=O)N[C@H](CN1C(=O)CC2(CCCC2)CC1=O)C(C)(C)C)C1CCCCC1. The van der Waals surface area contributed by atoms with Gasteiger partial charge in [0.15, 0.2) is 0 Å². The van der Waals surface area contributed by atoms with Crippen LogP contribution in [0.1, 0.15) is 131 Å². The number of carbonyl (C=O) groups is 7. The molecule has 5 aliphatic rings. The maximum Gasteiger partial charge on any atom is 0.315 e. The Bertz CT molecular complexity index is 1450.